The molecule has 0 radical (unpaired) electrons. The van der Waals surface area contributed by atoms with Crippen molar-refractivity contribution >= 4 is 15.9 Å². The third kappa shape index (κ3) is 4.39. The van der Waals surface area contributed by atoms with E-state index in [1.807, 2.05) is 0 Å². The lowest BCUT2D eigenvalue weighted by molar-refractivity contribution is 0.443. The highest BCUT2D eigenvalue weighted by Gasteiger charge is 2.38. The zero-order chi connectivity index (χ0) is 23.5. The molecule has 0 N–H and O–H groups in total. The van der Waals surface area contributed by atoms with E-state index in [9.17, 15) is 0 Å². The molecule has 0 heterocycles. The maximum absolute atomic E-state index is 3.65. The fourth-order valence-corrected chi connectivity index (χ4v) is 6.01. The van der Waals surface area contributed by atoms with Gasteiger partial charge in [0.15, 0.2) is 0 Å². The number of hydrogen-bond acceptors (Lipinski definition) is 0. The molecule has 34 heavy (non-hydrogen) atoms. The van der Waals surface area contributed by atoms with Gasteiger partial charge in [0.05, 0.1) is 5.41 Å². The van der Waals surface area contributed by atoms with Crippen molar-refractivity contribution < 1.29 is 0 Å². The van der Waals surface area contributed by atoms with Crippen LogP contribution in [0.2, 0.25) is 0 Å². The van der Waals surface area contributed by atoms with Crippen LogP contribution < -0.4 is 0 Å². The molecule has 0 bridgehead atoms. The Labute approximate surface area is 213 Å². The summed E-state index contributed by atoms with van der Waals surface area (Å²) in [4.78, 5) is 0. The Kier molecular flexibility index (Phi) is 6.75. The molecular weight excluding hydrogens is 476 g/mol. The highest BCUT2D eigenvalue weighted by Crippen LogP contribution is 2.46. The van der Waals surface area contributed by atoms with Crippen molar-refractivity contribution in [2.24, 2.45) is 0 Å². The molecular formula is C33H33Br. The van der Waals surface area contributed by atoms with E-state index in [2.05, 4.69) is 127 Å². The molecule has 4 aromatic rings. The molecule has 0 spiro atoms. The van der Waals surface area contributed by atoms with Crippen LogP contribution in [-0.4, -0.2) is 0 Å². The number of aryl methyl sites for hydroxylation is 2. The predicted molar refractivity (Wildman–Crippen MR) is 148 cm³/mol. The normalized spacial score (nSPS) is 14.8. The number of hydrogen-bond donors (Lipinski definition) is 0. The quantitative estimate of drug-likeness (QED) is 0.235. The minimum Gasteiger partial charge on any atom is -0.0590 e. The van der Waals surface area contributed by atoms with Crippen molar-refractivity contribution in [2.75, 3.05) is 0 Å². The van der Waals surface area contributed by atoms with Crippen molar-refractivity contribution in [2.45, 2.75) is 57.3 Å². The first-order chi connectivity index (χ1) is 16.6. The predicted octanol–water partition coefficient (Wildman–Crippen LogP) is 9.50. The van der Waals surface area contributed by atoms with E-state index < -0.39 is 0 Å². The third-order valence-corrected chi connectivity index (χ3v) is 8.20. The zero-order valence-electron chi connectivity index (χ0n) is 20.2. The van der Waals surface area contributed by atoms with Crippen LogP contribution in [0.3, 0.4) is 0 Å². The molecule has 4 aromatic carbocycles. The van der Waals surface area contributed by atoms with Crippen molar-refractivity contribution in [1.29, 1.82) is 0 Å². The summed E-state index contributed by atoms with van der Waals surface area (Å²) in [5.74, 6) is 0.712. The number of halogens is 1. The molecule has 0 unspecified atom stereocenters. The molecule has 0 amide bonds. The number of rotatable bonds is 5. The summed E-state index contributed by atoms with van der Waals surface area (Å²) in [6, 6.07) is 36.7. The van der Waals surface area contributed by atoms with E-state index in [4.69, 9.17) is 0 Å². The second-order valence-electron chi connectivity index (χ2n) is 9.95. The first-order valence-corrected chi connectivity index (χ1v) is 13.4. The fraction of sp³-hybridized carbons (Fsp3) is 0.273. The van der Waals surface area contributed by atoms with Gasteiger partial charge in [-0.15, -0.1) is 0 Å². The first kappa shape index (κ1) is 23.1. The molecule has 1 aliphatic carbocycles. The van der Waals surface area contributed by atoms with Crippen LogP contribution in [0.15, 0.2) is 102 Å². The van der Waals surface area contributed by atoms with Crippen molar-refractivity contribution in [3.8, 4) is 0 Å². The van der Waals surface area contributed by atoms with Crippen molar-refractivity contribution in [1.82, 2.24) is 0 Å². The molecule has 0 aromatic heterocycles. The molecule has 0 nitrogen and oxygen atoms in total. The summed E-state index contributed by atoms with van der Waals surface area (Å²) in [5, 5.41) is 0. The Morgan fingerprint density at radius 1 is 0.529 bits per heavy atom. The van der Waals surface area contributed by atoms with Gasteiger partial charge in [-0.2, -0.15) is 0 Å². The van der Waals surface area contributed by atoms with E-state index in [-0.39, 0.29) is 5.41 Å². The maximum Gasteiger partial charge on any atom is 0.0701 e. The van der Waals surface area contributed by atoms with Gasteiger partial charge < -0.3 is 0 Å². The average molecular weight is 510 g/mol. The molecule has 1 heteroatoms. The van der Waals surface area contributed by atoms with Crippen LogP contribution in [-0.2, 0) is 5.41 Å². The maximum atomic E-state index is 3.65. The molecule has 1 saturated carbocycles. The van der Waals surface area contributed by atoms with Crippen LogP contribution >= 0.6 is 15.9 Å². The minimum absolute atomic E-state index is 0.382. The Hall–Kier alpha value is -2.64. The van der Waals surface area contributed by atoms with Crippen LogP contribution in [0, 0.1) is 13.8 Å². The lowest BCUT2D eigenvalue weighted by Crippen LogP contribution is -2.31. The molecule has 1 aliphatic rings. The largest absolute Gasteiger partial charge is 0.0701 e. The smallest absolute Gasteiger partial charge is 0.0590 e. The second kappa shape index (κ2) is 9.92. The van der Waals surface area contributed by atoms with Crippen LogP contribution in [0.1, 0.15) is 77.0 Å². The van der Waals surface area contributed by atoms with Gasteiger partial charge in [0.1, 0.15) is 0 Å². The average Bonchev–Trinajstić information content (AvgIpc) is 2.88. The Balaban J connectivity index is 1.74. The van der Waals surface area contributed by atoms with Crippen LogP contribution in [0.25, 0.3) is 0 Å². The Morgan fingerprint density at radius 3 is 1.35 bits per heavy atom. The van der Waals surface area contributed by atoms with E-state index in [0.29, 0.717) is 5.92 Å². The number of benzene rings is 4. The van der Waals surface area contributed by atoms with Crippen LogP contribution in [0.4, 0.5) is 0 Å². The zero-order valence-corrected chi connectivity index (χ0v) is 21.8. The summed E-state index contributed by atoms with van der Waals surface area (Å²) >= 11 is 3.65. The highest BCUT2D eigenvalue weighted by atomic mass is 79.9. The van der Waals surface area contributed by atoms with Gasteiger partial charge in [-0.3, -0.25) is 0 Å². The van der Waals surface area contributed by atoms with E-state index in [0.717, 1.165) is 4.47 Å². The standard InChI is InChI=1S/C33H33Br/c1-24-8-14-28(15-9-24)33(29-16-10-25(2)11-17-29,31-20-22-32(34)23-21-31)30-18-12-27(13-19-30)26-6-4-3-5-7-26/h8-23,26H,3-7H2,1-2H3. The second-order valence-corrected chi connectivity index (χ2v) is 10.9. The third-order valence-electron chi connectivity index (χ3n) is 7.67. The molecule has 0 atom stereocenters. The summed E-state index contributed by atoms with van der Waals surface area (Å²) in [6.07, 6.45) is 6.77. The molecule has 5 rings (SSSR count). The van der Waals surface area contributed by atoms with Gasteiger partial charge in [-0.05, 0) is 72.6 Å². The monoisotopic (exact) mass is 508 g/mol. The van der Waals surface area contributed by atoms with E-state index in [1.54, 1.807) is 0 Å². The van der Waals surface area contributed by atoms with E-state index >= 15 is 0 Å². The van der Waals surface area contributed by atoms with E-state index in [1.165, 1.54) is 71.0 Å². The van der Waals surface area contributed by atoms with Gasteiger partial charge in [-0.25, -0.2) is 0 Å². The molecule has 172 valence electrons. The summed E-state index contributed by atoms with van der Waals surface area (Å²) in [6.45, 7) is 4.33. The topological polar surface area (TPSA) is 0 Å². The van der Waals surface area contributed by atoms with Gasteiger partial charge in [0, 0.05) is 4.47 Å². The molecule has 0 saturated heterocycles. The molecule has 0 aliphatic heterocycles. The van der Waals surface area contributed by atoms with Crippen LogP contribution in [0.5, 0.6) is 0 Å². The van der Waals surface area contributed by atoms with Gasteiger partial charge in [-0.1, -0.05) is 131 Å². The lowest BCUT2D eigenvalue weighted by atomic mass is 9.64. The summed E-state index contributed by atoms with van der Waals surface area (Å²) in [5.41, 5.74) is 8.89. The highest BCUT2D eigenvalue weighted by molar-refractivity contribution is 9.10. The lowest BCUT2D eigenvalue weighted by Gasteiger charge is -2.37. The van der Waals surface area contributed by atoms with Gasteiger partial charge >= 0.3 is 0 Å². The fourth-order valence-electron chi connectivity index (χ4n) is 5.75. The first-order valence-electron chi connectivity index (χ1n) is 12.6. The SMILES string of the molecule is Cc1ccc(C(c2ccc(C)cc2)(c2ccc(Br)cc2)c2ccc(C3CCCCC3)cc2)cc1. The summed E-state index contributed by atoms with van der Waals surface area (Å²) in [7, 11) is 0. The van der Waals surface area contributed by atoms with Crippen molar-refractivity contribution in [3.05, 3.63) is 140 Å². The summed E-state index contributed by atoms with van der Waals surface area (Å²) < 4.78 is 1.10. The van der Waals surface area contributed by atoms with Gasteiger partial charge in [0.2, 0.25) is 0 Å². The Bertz CT molecular complexity index is 1100. The minimum atomic E-state index is -0.382. The molecule has 1 fully saturated rings. The Morgan fingerprint density at radius 2 is 0.912 bits per heavy atom. The van der Waals surface area contributed by atoms with Crippen molar-refractivity contribution in [3.63, 3.8) is 0 Å². The van der Waals surface area contributed by atoms with Gasteiger partial charge in [0.25, 0.3) is 0 Å².